The van der Waals surface area contributed by atoms with Crippen LogP contribution < -0.4 is 16.2 Å². The maximum atomic E-state index is 11.4. The lowest BCUT2D eigenvalue weighted by molar-refractivity contribution is 0.471. The van der Waals surface area contributed by atoms with Crippen molar-refractivity contribution in [2.45, 2.75) is 6.04 Å². The average Bonchev–Trinajstić information content (AvgIpc) is 2.10. The number of anilines is 1. The molecule has 0 radical (unpaired) electrons. The van der Waals surface area contributed by atoms with Crippen molar-refractivity contribution in [2.75, 3.05) is 18.4 Å². The molecule has 1 saturated heterocycles. The molecule has 2 N–H and O–H groups in total. The normalized spacial score (nSPS) is 16.4. The highest BCUT2D eigenvalue weighted by atomic mass is 35.5. The smallest absolute Gasteiger partial charge is 0.287 e. The second kappa shape index (κ2) is 3.59. The summed E-state index contributed by atoms with van der Waals surface area (Å²) in [4.78, 5) is 11.4. The SMILES string of the molecule is Cn1ncc(NC2CNC2)c(Cl)c1=O. The first kappa shape index (κ1) is 9.48. The lowest BCUT2D eigenvalue weighted by Gasteiger charge is -2.29. The quantitative estimate of drug-likeness (QED) is 0.717. The Balaban J connectivity index is 2.25. The van der Waals surface area contributed by atoms with Crippen LogP contribution in [0.15, 0.2) is 11.0 Å². The molecule has 2 heterocycles. The van der Waals surface area contributed by atoms with Crippen molar-refractivity contribution < 1.29 is 0 Å². The largest absolute Gasteiger partial charge is 0.377 e. The number of rotatable bonds is 2. The lowest BCUT2D eigenvalue weighted by atomic mass is 10.2. The van der Waals surface area contributed by atoms with Gasteiger partial charge in [0.2, 0.25) is 0 Å². The number of nitrogens with zero attached hydrogens (tertiary/aromatic N) is 2. The van der Waals surface area contributed by atoms with Gasteiger partial charge in [-0.2, -0.15) is 5.10 Å². The Bertz CT molecular complexity index is 399. The molecule has 1 fully saturated rings. The molecule has 1 aliphatic heterocycles. The van der Waals surface area contributed by atoms with Gasteiger partial charge in [-0.05, 0) is 0 Å². The van der Waals surface area contributed by atoms with E-state index in [-0.39, 0.29) is 10.6 Å². The van der Waals surface area contributed by atoms with Crippen molar-refractivity contribution in [1.82, 2.24) is 15.1 Å². The van der Waals surface area contributed by atoms with Crippen LogP contribution >= 0.6 is 11.6 Å². The molecule has 0 saturated carbocycles. The highest BCUT2D eigenvalue weighted by Gasteiger charge is 2.18. The van der Waals surface area contributed by atoms with E-state index in [2.05, 4.69) is 15.7 Å². The summed E-state index contributed by atoms with van der Waals surface area (Å²) in [5.41, 5.74) is 0.338. The summed E-state index contributed by atoms with van der Waals surface area (Å²) >= 11 is 5.87. The van der Waals surface area contributed by atoms with E-state index in [1.165, 1.54) is 4.68 Å². The van der Waals surface area contributed by atoms with Crippen molar-refractivity contribution in [2.24, 2.45) is 7.05 Å². The molecule has 6 heteroatoms. The third-order valence-corrected chi connectivity index (χ3v) is 2.58. The van der Waals surface area contributed by atoms with Gasteiger partial charge in [0.25, 0.3) is 5.56 Å². The molecule has 0 atom stereocenters. The standard InChI is InChI=1S/C8H11ClN4O/c1-13-8(14)7(9)6(4-11-13)12-5-2-10-3-5/h4-5,10,12H,2-3H2,1H3. The van der Waals surface area contributed by atoms with Crippen molar-refractivity contribution in [1.29, 1.82) is 0 Å². The number of halogens is 1. The number of aryl methyl sites for hydroxylation is 1. The lowest BCUT2D eigenvalue weighted by Crippen LogP contribution is -2.51. The van der Waals surface area contributed by atoms with Crippen LogP contribution in [0.5, 0.6) is 0 Å². The van der Waals surface area contributed by atoms with Gasteiger partial charge in [-0.3, -0.25) is 4.79 Å². The topological polar surface area (TPSA) is 59.0 Å². The van der Waals surface area contributed by atoms with Gasteiger partial charge >= 0.3 is 0 Å². The van der Waals surface area contributed by atoms with Gasteiger partial charge in [0.15, 0.2) is 0 Å². The molecule has 2 rings (SSSR count). The van der Waals surface area contributed by atoms with E-state index in [0.717, 1.165) is 13.1 Å². The fourth-order valence-electron chi connectivity index (χ4n) is 1.22. The molecule has 1 aromatic heterocycles. The molecular weight excluding hydrogens is 204 g/mol. The first-order valence-corrected chi connectivity index (χ1v) is 4.75. The maximum Gasteiger partial charge on any atom is 0.287 e. The van der Waals surface area contributed by atoms with Crippen molar-refractivity contribution in [3.05, 3.63) is 21.6 Å². The predicted molar refractivity (Wildman–Crippen MR) is 54.8 cm³/mol. The summed E-state index contributed by atoms with van der Waals surface area (Å²) in [6.45, 7) is 1.79. The maximum absolute atomic E-state index is 11.4. The van der Waals surface area contributed by atoms with Crippen LogP contribution in [0, 0.1) is 0 Å². The van der Waals surface area contributed by atoms with Crippen LogP contribution in [0.4, 0.5) is 5.69 Å². The molecule has 5 nitrogen and oxygen atoms in total. The fourth-order valence-corrected chi connectivity index (χ4v) is 1.45. The van der Waals surface area contributed by atoms with E-state index in [1.54, 1.807) is 13.2 Å². The Hall–Kier alpha value is -1.07. The first-order valence-electron chi connectivity index (χ1n) is 4.37. The first-order chi connectivity index (χ1) is 6.68. The van der Waals surface area contributed by atoms with Gasteiger partial charge in [0.05, 0.1) is 17.9 Å². The highest BCUT2D eigenvalue weighted by molar-refractivity contribution is 6.32. The molecule has 1 aromatic rings. The van der Waals surface area contributed by atoms with E-state index < -0.39 is 0 Å². The molecular formula is C8H11ClN4O. The fraction of sp³-hybridized carbons (Fsp3) is 0.500. The molecule has 0 spiro atoms. The van der Waals surface area contributed by atoms with Crippen LogP contribution in [-0.2, 0) is 7.05 Å². The van der Waals surface area contributed by atoms with Crippen LogP contribution in [0.1, 0.15) is 0 Å². The minimum atomic E-state index is -0.274. The third kappa shape index (κ3) is 1.60. The molecule has 0 aliphatic carbocycles. The van der Waals surface area contributed by atoms with E-state index in [9.17, 15) is 4.79 Å². The van der Waals surface area contributed by atoms with Gasteiger partial charge in [0.1, 0.15) is 5.02 Å². The summed E-state index contributed by atoms with van der Waals surface area (Å²) < 4.78 is 1.21. The van der Waals surface area contributed by atoms with Gasteiger partial charge in [-0.1, -0.05) is 11.6 Å². The average molecular weight is 215 g/mol. The zero-order valence-corrected chi connectivity index (χ0v) is 8.51. The predicted octanol–water partition coefficient (Wildman–Crippen LogP) is -0.183. The van der Waals surface area contributed by atoms with Crippen molar-refractivity contribution in [3.63, 3.8) is 0 Å². The summed E-state index contributed by atoms with van der Waals surface area (Å²) in [6, 6.07) is 0.349. The van der Waals surface area contributed by atoms with Gasteiger partial charge < -0.3 is 10.6 Å². The Morgan fingerprint density at radius 3 is 3.00 bits per heavy atom. The Labute approximate surface area is 86.1 Å². The summed E-state index contributed by atoms with van der Waals surface area (Å²) in [5.74, 6) is 0. The number of hydrogen-bond acceptors (Lipinski definition) is 4. The monoisotopic (exact) mass is 214 g/mol. The molecule has 14 heavy (non-hydrogen) atoms. The summed E-state index contributed by atoms with van der Waals surface area (Å²) in [6.07, 6.45) is 1.57. The van der Waals surface area contributed by atoms with Crippen LogP contribution in [0.25, 0.3) is 0 Å². The Morgan fingerprint density at radius 1 is 1.71 bits per heavy atom. The second-order valence-electron chi connectivity index (χ2n) is 3.30. The van der Waals surface area contributed by atoms with E-state index in [1.807, 2.05) is 0 Å². The van der Waals surface area contributed by atoms with Crippen LogP contribution in [0.2, 0.25) is 5.02 Å². The Morgan fingerprint density at radius 2 is 2.43 bits per heavy atom. The minimum Gasteiger partial charge on any atom is -0.377 e. The van der Waals surface area contributed by atoms with Crippen molar-refractivity contribution >= 4 is 17.3 Å². The van der Waals surface area contributed by atoms with E-state index in [4.69, 9.17) is 11.6 Å². The van der Waals surface area contributed by atoms with Crippen LogP contribution in [0.3, 0.4) is 0 Å². The zero-order chi connectivity index (χ0) is 10.1. The number of aromatic nitrogens is 2. The number of nitrogens with one attached hydrogen (secondary N) is 2. The van der Waals surface area contributed by atoms with Gasteiger partial charge in [-0.25, -0.2) is 4.68 Å². The van der Waals surface area contributed by atoms with E-state index in [0.29, 0.717) is 11.7 Å². The highest BCUT2D eigenvalue weighted by Crippen LogP contribution is 2.16. The van der Waals surface area contributed by atoms with E-state index >= 15 is 0 Å². The van der Waals surface area contributed by atoms with Gasteiger partial charge in [-0.15, -0.1) is 0 Å². The summed E-state index contributed by atoms with van der Waals surface area (Å²) in [7, 11) is 1.57. The summed E-state index contributed by atoms with van der Waals surface area (Å²) in [5, 5.41) is 10.4. The molecule has 0 unspecified atom stereocenters. The molecule has 76 valence electrons. The zero-order valence-electron chi connectivity index (χ0n) is 7.75. The van der Waals surface area contributed by atoms with Gasteiger partial charge in [0, 0.05) is 20.1 Å². The molecule has 0 aromatic carbocycles. The molecule has 1 aliphatic rings. The Kier molecular flexibility index (Phi) is 2.43. The number of hydrogen-bond donors (Lipinski definition) is 2. The molecule has 0 bridgehead atoms. The van der Waals surface area contributed by atoms with Crippen molar-refractivity contribution in [3.8, 4) is 0 Å². The molecule has 0 amide bonds. The minimum absolute atomic E-state index is 0.203. The second-order valence-corrected chi connectivity index (χ2v) is 3.68. The van der Waals surface area contributed by atoms with Crippen LogP contribution in [-0.4, -0.2) is 28.9 Å². The third-order valence-electron chi connectivity index (χ3n) is 2.22.